The van der Waals surface area contributed by atoms with Crippen LogP contribution >= 0.6 is 11.6 Å². The van der Waals surface area contributed by atoms with Crippen molar-refractivity contribution in [2.75, 3.05) is 6.61 Å². The summed E-state index contributed by atoms with van der Waals surface area (Å²) < 4.78 is 6.42. The SMILES string of the molecule is C=C(Cn1ncc(Cl)c1C)C(=O)OCC. The zero-order chi connectivity index (χ0) is 11.4. The van der Waals surface area contributed by atoms with Crippen LogP contribution in [0.3, 0.4) is 0 Å². The molecular formula is C10H13ClN2O2. The van der Waals surface area contributed by atoms with Gasteiger partial charge >= 0.3 is 5.97 Å². The minimum Gasteiger partial charge on any atom is -0.463 e. The second-order valence-electron chi connectivity index (χ2n) is 3.06. The highest BCUT2D eigenvalue weighted by atomic mass is 35.5. The van der Waals surface area contributed by atoms with Gasteiger partial charge in [0, 0.05) is 0 Å². The van der Waals surface area contributed by atoms with E-state index in [4.69, 9.17) is 16.3 Å². The molecule has 0 aliphatic heterocycles. The number of carbonyl (C=O) groups is 1. The normalized spacial score (nSPS) is 10.1. The standard InChI is InChI=1S/C10H13ClN2O2/c1-4-15-10(14)7(2)6-13-8(3)9(11)5-12-13/h5H,2,4,6H2,1,3H3. The fourth-order valence-corrected chi connectivity index (χ4v) is 1.20. The van der Waals surface area contributed by atoms with Gasteiger partial charge in [0.2, 0.25) is 0 Å². The van der Waals surface area contributed by atoms with Gasteiger partial charge in [-0.05, 0) is 13.8 Å². The summed E-state index contributed by atoms with van der Waals surface area (Å²) in [6, 6.07) is 0. The molecule has 0 fully saturated rings. The van der Waals surface area contributed by atoms with E-state index in [2.05, 4.69) is 11.7 Å². The molecule has 0 saturated carbocycles. The number of nitrogens with zero attached hydrogens (tertiary/aromatic N) is 2. The van der Waals surface area contributed by atoms with Gasteiger partial charge in [0.05, 0.1) is 35.6 Å². The third-order valence-corrected chi connectivity index (χ3v) is 2.32. The Morgan fingerprint density at radius 2 is 2.40 bits per heavy atom. The topological polar surface area (TPSA) is 44.1 Å². The van der Waals surface area contributed by atoms with Crippen molar-refractivity contribution < 1.29 is 9.53 Å². The van der Waals surface area contributed by atoms with E-state index in [0.29, 0.717) is 23.7 Å². The van der Waals surface area contributed by atoms with Crippen LogP contribution in [0.2, 0.25) is 5.02 Å². The monoisotopic (exact) mass is 228 g/mol. The Morgan fingerprint density at radius 3 is 2.87 bits per heavy atom. The summed E-state index contributed by atoms with van der Waals surface area (Å²) in [5.41, 5.74) is 1.17. The molecule has 0 aliphatic rings. The van der Waals surface area contributed by atoms with E-state index in [1.54, 1.807) is 11.6 Å². The molecule has 0 bridgehead atoms. The predicted octanol–water partition coefficient (Wildman–Crippen LogP) is 1.96. The molecule has 1 aromatic heterocycles. The van der Waals surface area contributed by atoms with Crippen molar-refractivity contribution in [1.29, 1.82) is 0 Å². The van der Waals surface area contributed by atoms with Crippen LogP contribution in [0.1, 0.15) is 12.6 Å². The van der Waals surface area contributed by atoms with E-state index < -0.39 is 5.97 Å². The van der Waals surface area contributed by atoms with Crippen LogP contribution in [-0.4, -0.2) is 22.4 Å². The molecule has 0 spiro atoms. The van der Waals surface area contributed by atoms with Gasteiger partial charge in [0.15, 0.2) is 0 Å². The fraction of sp³-hybridized carbons (Fsp3) is 0.400. The van der Waals surface area contributed by atoms with Gasteiger partial charge < -0.3 is 4.74 Å². The molecule has 0 aromatic carbocycles. The van der Waals surface area contributed by atoms with E-state index in [-0.39, 0.29) is 0 Å². The molecule has 0 radical (unpaired) electrons. The quantitative estimate of drug-likeness (QED) is 0.585. The summed E-state index contributed by atoms with van der Waals surface area (Å²) in [4.78, 5) is 11.3. The summed E-state index contributed by atoms with van der Waals surface area (Å²) in [5.74, 6) is -0.400. The van der Waals surface area contributed by atoms with Crippen molar-refractivity contribution in [3.8, 4) is 0 Å². The Kier molecular flexibility index (Phi) is 3.91. The van der Waals surface area contributed by atoms with Gasteiger partial charge in [-0.1, -0.05) is 18.2 Å². The summed E-state index contributed by atoms with van der Waals surface area (Å²) >= 11 is 5.82. The zero-order valence-corrected chi connectivity index (χ0v) is 9.54. The number of hydrogen-bond acceptors (Lipinski definition) is 3. The molecule has 1 rings (SSSR count). The highest BCUT2D eigenvalue weighted by Crippen LogP contribution is 2.14. The Morgan fingerprint density at radius 1 is 1.73 bits per heavy atom. The summed E-state index contributed by atoms with van der Waals surface area (Å²) in [6.45, 7) is 7.87. The molecular weight excluding hydrogens is 216 g/mol. The van der Waals surface area contributed by atoms with Gasteiger partial charge in [0.1, 0.15) is 0 Å². The lowest BCUT2D eigenvalue weighted by atomic mass is 10.3. The van der Waals surface area contributed by atoms with Gasteiger partial charge in [-0.3, -0.25) is 4.68 Å². The molecule has 0 aliphatic carbocycles. The summed E-state index contributed by atoms with van der Waals surface area (Å²) in [7, 11) is 0. The Labute approximate surface area is 93.5 Å². The molecule has 0 atom stereocenters. The Balaban J connectivity index is 2.66. The maximum absolute atomic E-state index is 11.3. The summed E-state index contributed by atoms with van der Waals surface area (Å²) in [5, 5.41) is 4.59. The zero-order valence-electron chi connectivity index (χ0n) is 8.79. The first-order valence-electron chi connectivity index (χ1n) is 4.59. The van der Waals surface area contributed by atoms with Gasteiger partial charge in [0.25, 0.3) is 0 Å². The van der Waals surface area contributed by atoms with Crippen LogP contribution in [0.25, 0.3) is 0 Å². The first kappa shape index (κ1) is 11.8. The molecule has 0 saturated heterocycles. The number of hydrogen-bond donors (Lipinski definition) is 0. The van der Waals surface area contributed by atoms with Crippen LogP contribution in [0.5, 0.6) is 0 Å². The number of rotatable bonds is 4. The minimum absolute atomic E-state index is 0.303. The van der Waals surface area contributed by atoms with Crippen LogP contribution in [-0.2, 0) is 16.1 Å². The molecule has 5 heteroatoms. The number of halogens is 1. The molecule has 1 aromatic rings. The van der Waals surface area contributed by atoms with Crippen molar-refractivity contribution in [3.63, 3.8) is 0 Å². The van der Waals surface area contributed by atoms with Crippen molar-refractivity contribution in [2.24, 2.45) is 0 Å². The van der Waals surface area contributed by atoms with Gasteiger partial charge in [-0.25, -0.2) is 4.79 Å². The fourth-order valence-electron chi connectivity index (χ4n) is 1.06. The van der Waals surface area contributed by atoms with Gasteiger partial charge in [-0.15, -0.1) is 0 Å². The predicted molar refractivity (Wildman–Crippen MR) is 57.7 cm³/mol. The van der Waals surface area contributed by atoms with E-state index in [9.17, 15) is 4.79 Å². The summed E-state index contributed by atoms with van der Waals surface area (Å²) in [6.07, 6.45) is 1.54. The first-order valence-corrected chi connectivity index (χ1v) is 4.96. The van der Waals surface area contributed by atoms with E-state index in [0.717, 1.165) is 5.69 Å². The van der Waals surface area contributed by atoms with E-state index >= 15 is 0 Å². The van der Waals surface area contributed by atoms with Crippen molar-refractivity contribution in [2.45, 2.75) is 20.4 Å². The number of ether oxygens (including phenoxy) is 1. The van der Waals surface area contributed by atoms with Crippen LogP contribution in [0, 0.1) is 6.92 Å². The Bertz CT molecular complexity index is 385. The first-order chi connectivity index (χ1) is 7.06. The molecule has 0 N–H and O–H groups in total. The third kappa shape index (κ3) is 2.83. The number of aromatic nitrogens is 2. The lowest BCUT2D eigenvalue weighted by Gasteiger charge is -2.06. The van der Waals surface area contributed by atoms with Crippen LogP contribution in [0.4, 0.5) is 0 Å². The number of carbonyl (C=O) groups excluding carboxylic acids is 1. The highest BCUT2D eigenvalue weighted by Gasteiger charge is 2.11. The maximum atomic E-state index is 11.3. The van der Waals surface area contributed by atoms with Crippen LogP contribution < -0.4 is 0 Å². The molecule has 82 valence electrons. The highest BCUT2D eigenvalue weighted by molar-refractivity contribution is 6.31. The molecule has 1 heterocycles. The smallest absolute Gasteiger partial charge is 0.335 e. The lowest BCUT2D eigenvalue weighted by molar-refractivity contribution is -0.138. The average Bonchev–Trinajstić information content (AvgIpc) is 2.50. The molecule has 15 heavy (non-hydrogen) atoms. The van der Waals surface area contributed by atoms with E-state index in [1.165, 1.54) is 6.20 Å². The van der Waals surface area contributed by atoms with E-state index in [1.807, 2.05) is 6.92 Å². The number of esters is 1. The maximum Gasteiger partial charge on any atom is 0.335 e. The molecule has 4 nitrogen and oxygen atoms in total. The third-order valence-electron chi connectivity index (χ3n) is 1.95. The second kappa shape index (κ2) is 4.98. The average molecular weight is 229 g/mol. The minimum atomic E-state index is -0.400. The van der Waals surface area contributed by atoms with Crippen molar-refractivity contribution >= 4 is 17.6 Å². The molecule has 0 amide bonds. The van der Waals surface area contributed by atoms with Crippen LogP contribution in [0.15, 0.2) is 18.3 Å². The van der Waals surface area contributed by atoms with Gasteiger partial charge in [-0.2, -0.15) is 5.10 Å². The van der Waals surface area contributed by atoms with Crippen molar-refractivity contribution in [1.82, 2.24) is 9.78 Å². The largest absolute Gasteiger partial charge is 0.463 e. The Hall–Kier alpha value is -1.29. The van der Waals surface area contributed by atoms with Crippen molar-refractivity contribution in [3.05, 3.63) is 29.1 Å². The lowest BCUT2D eigenvalue weighted by Crippen LogP contribution is -2.13. The molecule has 0 unspecified atom stereocenters. The second-order valence-corrected chi connectivity index (χ2v) is 3.47.